The van der Waals surface area contributed by atoms with Crippen LogP contribution in [0.2, 0.25) is 0 Å². The van der Waals surface area contributed by atoms with Crippen molar-refractivity contribution in [2.75, 3.05) is 13.7 Å². The van der Waals surface area contributed by atoms with Gasteiger partial charge >= 0.3 is 0 Å². The number of benzene rings is 1. The smallest absolute Gasteiger partial charge is 0.122 e. The van der Waals surface area contributed by atoms with Crippen LogP contribution in [0.15, 0.2) is 28.9 Å². The first-order chi connectivity index (χ1) is 10.1. The van der Waals surface area contributed by atoms with E-state index in [-0.39, 0.29) is 6.04 Å². The molecule has 2 rings (SSSR count). The number of nitrogens with one attached hydrogen (secondary N) is 1. The maximum Gasteiger partial charge on any atom is 0.122 e. The van der Waals surface area contributed by atoms with Crippen molar-refractivity contribution in [3.63, 3.8) is 0 Å². The van der Waals surface area contributed by atoms with Crippen LogP contribution in [-0.2, 0) is 6.54 Å². The van der Waals surface area contributed by atoms with Crippen molar-refractivity contribution in [2.24, 2.45) is 0 Å². The molecule has 21 heavy (non-hydrogen) atoms. The topological polar surface area (TPSA) is 39.1 Å². The maximum atomic E-state index is 5.46. The Balaban J connectivity index is 2.50. The van der Waals surface area contributed by atoms with Gasteiger partial charge in [0.15, 0.2) is 0 Å². The number of halogens is 1. The van der Waals surface area contributed by atoms with E-state index in [1.165, 1.54) is 5.56 Å². The van der Waals surface area contributed by atoms with Gasteiger partial charge in [-0.15, -0.1) is 0 Å². The Morgan fingerprint density at radius 3 is 2.76 bits per heavy atom. The Hall–Kier alpha value is -1.33. The summed E-state index contributed by atoms with van der Waals surface area (Å²) in [6.07, 6.45) is 1.86. The first-order valence-corrected chi connectivity index (χ1v) is 8.00. The fourth-order valence-corrected chi connectivity index (χ4v) is 3.03. The van der Waals surface area contributed by atoms with Crippen LogP contribution in [0.5, 0.6) is 5.75 Å². The predicted octanol–water partition coefficient (Wildman–Crippen LogP) is 3.68. The van der Waals surface area contributed by atoms with Crippen LogP contribution < -0.4 is 10.1 Å². The summed E-state index contributed by atoms with van der Waals surface area (Å²) >= 11 is 3.62. The second kappa shape index (κ2) is 7.09. The third-order valence-electron chi connectivity index (χ3n) is 3.58. The summed E-state index contributed by atoms with van der Waals surface area (Å²) in [6, 6.07) is 6.42. The third kappa shape index (κ3) is 3.30. The summed E-state index contributed by atoms with van der Waals surface area (Å²) in [6.45, 7) is 7.98. The standard InChI is InChI=1S/C16H22BrN3O/c1-5-18-15(16-13(17)10-19-20(16)6-2)12-8-7-11(3)14(9-12)21-4/h7-10,15,18H,5-6H2,1-4H3. The SMILES string of the molecule is CCNC(c1ccc(C)c(OC)c1)c1c(Br)cnn1CC. The van der Waals surface area contributed by atoms with Gasteiger partial charge in [-0.25, -0.2) is 0 Å². The summed E-state index contributed by atoms with van der Waals surface area (Å²) in [7, 11) is 1.71. The lowest BCUT2D eigenvalue weighted by Crippen LogP contribution is -2.25. The Labute approximate surface area is 134 Å². The molecule has 0 fully saturated rings. The monoisotopic (exact) mass is 351 g/mol. The molecule has 1 aromatic heterocycles. The van der Waals surface area contributed by atoms with Gasteiger partial charge in [-0.2, -0.15) is 5.10 Å². The molecule has 1 N–H and O–H groups in total. The molecule has 0 bridgehead atoms. The first-order valence-electron chi connectivity index (χ1n) is 7.21. The highest BCUT2D eigenvalue weighted by Gasteiger charge is 2.21. The van der Waals surface area contributed by atoms with E-state index < -0.39 is 0 Å². The minimum Gasteiger partial charge on any atom is -0.496 e. The minimum absolute atomic E-state index is 0.0846. The molecule has 2 aromatic rings. The number of aryl methyl sites for hydroxylation is 2. The van der Waals surface area contributed by atoms with Gasteiger partial charge in [0.05, 0.1) is 29.5 Å². The highest BCUT2D eigenvalue weighted by molar-refractivity contribution is 9.10. The molecule has 1 unspecified atom stereocenters. The van der Waals surface area contributed by atoms with Crippen LogP contribution in [0.3, 0.4) is 0 Å². The highest BCUT2D eigenvalue weighted by Crippen LogP contribution is 2.31. The van der Waals surface area contributed by atoms with E-state index in [4.69, 9.17) is 4.74 Å². The zero-order valence-corrected chi connectivity index (χ0v) is 14.6. The van der Waals surface area contributed by atoms with Crippen molar-refractivity contribution in [3.05, 3.63) is 45.7 Å². The summed E-state index contributed by atoms with van der Waals surface area (Å²) < 4.78 is 8.50. The Morgan fingerprint density at radius 2 is 2.14 bits per heavy atom. The largest absolute Gasteiger partial charge is 0.496 e. The average molecular weight is 352 g/mol. The average Bonchev–Trinajstić information content (AvgIpc) is 2.86. The zero-order valence-electron chi connectivity index (χ0n) is 13.0. The summed E-state index contributed by atoms with van der Waals surface area (Å²) in [4.78, 5) is 0. The number of ether oxygens (including phenoxy) is 1. The molecule has 1 aromatic carbocycles. The second-order valence-corrected chi connectivity index (χ2v) is 5.77. The van der Waals surface area contributed by atoms with Crippen molar-refractivity contribution in [1.82, 2.24) is 15.1 Å². The molecule has 0 spiro atoms. The summed E-state index contributed by atoms with van der Waals surface area (Å²) in [5.74, 6) is 0.911. The molecule has 0 aliphatic carbocycles. The van der Waals surface area contributed by atoms with E-state index >= 15 is 0 Å². The van der Waals surface area contributed by atoms with Crippen molar-refractivity contribution >= 4 is 15.9 Å². The summed E-state index contributed by atoms with van der Waals surface area (Å²) in [5.41, 5.74) is 3.46. The molecule has 0 radical (unpaired) electrons. The van der Waals surface area contributed by atoms with Gasteiger partial charge in [0.2, 0.25) is 0 Å². The number of nitrogens with zero attached hydrogens (tertiary/aromatic N) is 2. The van der Waals surface area contributed by atoms with Gasteiger partial charge in [-0.1, -0.05) is 19.1 Å². The molecule has 1 heterocycles. The van der Waals surface area contributed by atoms with Crippen molar-refractivity contribution < 1.29 is 4.74 Å². The Bertz CT molecular complexity index is 610. The number of hydrogen-bond donors (Lipinski definition) is 1. The summed E-state index contributed by atoms with van der Waals surface area (Å²) in [5, 5.41) is 7.96. The lowest BCUT2D eigenvalue weighted by Gasteiger charge is -2.21. The Morgan fingerprint density at radius 1 is 1.38 bits per heavy atom. The van der Waals surface area contributed by atoms with Crippen LogP contribution in [0.1, 0.15) is 36.7 Å². The zero-order chi connectivity index (χ0) is 15.4. The third-order valence-corrected chi connectivity index (χ3v) is 4.19. The van der Waals surface area contributed by atoms with Gasteiger partial charge < -0.3 is 10.1 Å². The van der Waals surface area contributed by atoms with Gasteiger partial charge in [-0.05, 0) is 53.5 Å². The van der Waals surface area contributed by atoms with Gasteiger partial charge in [0.1, 0.15) is 5.75 Å². The molecule has 5 heteroatoms. The molecule has 4 nitrogen and oxygen atoms in total. The molecule has 0 saturated carbocycles. The lowest BCUT2D eigenvalue weighted by molar-refractivity contribution is 0.410. The molecule has 0 amide bonds. The van der Waals surface area contributed by atoms with Crippen LogP contribution in [-0.4, -0.2) is 23.4 Å². The fourth-order valence-electron chi connectivity index (χ4n) is 2.50. The van der Waals surface area contributed by atoms with Crippen LogP contribution in [0.25, 0.3) is 0 Å². The van der Waals surface area contributed by atoms with Crippen LogP contribution in [0, 0.1) is 6.92 Å². The molecule has 114 valence electrons. The van der Waals surface area contributed by atoms with Crippen molar-refractivity contribution in [1.29, 1.82) is 0 Å². The number of hydrogen-bond acceptors (Lipinski definition) is 3. The van der Waals surface area contributed by atoms with E-state index in [0.29, 0.717) is 0 Å². The van der Waals surface area contributed by atoms with E-state index in [1.54, 1.807) is 7.11 Å². The molecule has 1 atom stereocenters. The van der Waals surface area contributed by atoms with E-state index in [9.17, 15) is 0 Å². The fraction of sp³-hybridized carbons (Fsp3) is 0.438. The van der Waals surface area contributed by atoms with E-state index in [2.05, 4.69) is 65.3 Å². The number of aromatic nitrogens is 2. The van der Waals surface area contributed by atoms with E-state index in [0.717, 1.165) is 34.6 Å². The normalized spacial score (nSPS) is 12.4. The maximum absolute atomic E-state index is 5.46. The van der Waals surface area contributed by atoms with Gasteiger partial charge in [-0.3, -0.25) is 4.68 Å². The first kappa shape index (κ1) is 16.0. The Kier molecular flexibility index (Phi) is 5.42. The van der Waals surface area contributed by atoms with Gasteiger partial charge in [0, 0.05) is 6.54 Å². The quantitative estimate of drug-likeness (QED) is 0.862. The second-order valence-electron chi connectivity index (χ2n) is 4.91. The van der Waals surface area contributed by atoms with Crippen LogP contribution in [0.4, 0.5) is 0 Å². The van der Waals surface area contributed by atoms with Crippen molar-refractivity contribution in [2.45, 2.75) is 33.4 Å². The minimum atomic E-state index is 0.0846. The lowest BCUT2D eigenvalue weighted by atomic mass is 10.0. The van der Waals surface area contributed by atoms with Crippen LogP contribution >= 0.6 is 15.9 Å². The van der Waals surface area contributed by atoms with Crippen molar-refractivity contribution in [3.8, 4) is 5.75 Å². The van der Waals surface area contributed by atoms with E-state index in [1.807, 2.05) is 10.9 Å². The highest BCUT2D eigenvalue weighted by atomic mass is 79.9. The molecule has 0 saturated heterocycles. The molecular formula is C16H22BrN3O. The molecular weight excluding hydrogens is 330 g/mol. The predicted molar refractivity (Wildman–Crippen MR) is 88.9 cm³/mol. The molecule has 0 aliphatic heterocycles. The number of rotatable bonds is 6. The number of methoxy groups -OCH3 is 1. The molecule has 0 aliphatic rings. The van der Waals surface area contributed by atoms with Gasteiger partial charge in [0.25, 0.3) is 0 Å².